The predicted octanol–water partition coefficient (Wildman–Crippen LogP) is 1.31. The minimum atomic E-state index is -0.136. The van der Waals surface area contributed by atoms with Crippen molar-refractivity contribution >= 4 is 11.6 Å². The summed E-state index contributed by atoms with van der Waals surface area (Å²) in [5.74, 6) is -0.136. The lowest BCUT2D eigenvalue weighted by Gasteiger charge is -2.20. The molecule has 0 saturated heterocycles. The van der Waals surface area contributed by atoms with Crippen LogP contribution in [0.1, 0.15) is 21.5 Å². The Morgan fingerprint density at radius 2 is 2.33 bits per heavy atom. The fraction of sp³-hybridized carbons (Fsp3) is 0.231. The molecule has 1 aliphatic rings. The van der Waals surface area contributed by atoms with Gasteiger partial charge in [0.2, 0.25) is 0 Å². The number of benzene rings is 1. The molecule has 2 heterocycles. The molecule has 1 amide bonds. The molecule has 3 N–H and O–H groups in total. The van der Waals surface area contributed by atoms with E-state index in [1.54, 1.807) is 6.20 Å². The third-order valence-corrected chi connectivity index (χ3v) is 3.15. The first-order chi connectivity index (χ1) is 8.84. The number of rotatable bonds is 2. The SMILES string of the molecule is O=C(Nc1cccc2c1CNCC2)c1cn[nH]c1. The molecule has 0 unspecified atom stereocenters. The molecule has 1 aromatic heterocycles. The maximum absolute atomic E-state index is 12.0. The smallest absolute Gasteiger partial charge is 0.258 e. The van der Waals surface area contributed by atoms with Crippen LogP contribution < -0.4 is 10.6 Å². The van der Waals surface area contributed by atoms with Crippen molar-refractivity contribution in [2.75, 3.05) is 11.9 Å². The van der Waals surface area contributed by atoms with E-state index in [4.69, 9.17) is 0 Å². The zero-order chi connectivity index (χ0) is 12.4. The normalized spacial score (nSPS) is 14.0. The third-order valence-electron chi connectivity index (χ3n) is 3.15. The highest BCUT2D eigenvalue weighted by Crippen LogP contribution is 2.23. The lowest BCUT2D eigenvalue weighted by atomic mass is 9.99. The second kappa shape index (κ2) is 4.62. The Morgan fingerprint density at radius 3 is 3.17 bits per heavy atom. The number of hydrogen-bond donors (Lipinski definition) is 3. The summed E-state index contributed by atoms with van der Waals surface area (Å²) in [6.07, 6.45) is 4.11. The van der Waals surface area contributed by atoms with Gasteiger partial charge in [0.05, 0.1) is 11.8 Å². The lowest BCUT2D eigenvalue weighted by Crippen LogP contribution is -2.25. The second-order valence-electron chi connectivity index (χ2n) is 4.31. The van der Waals surface area contributed by atoms with E-state index in [-0.39, 0.29) is 5.91 Å². The molecule has 0 saturated carbocycles. The van der Waals surface area contributed by atoms with E-state index in [0.29, 0.717) is 5.56 Å². The molecule has 0 spiro atoms. The molecule has 0 atom stereocenters. The van der Waals surface area contributed by atoms with Gasteiger partial charge in [-0.15, -0.1) is 0 Å². The number of nitrogens with zero attached hydrogens (tertiary/aromatic N) is 1. The van der Waals surface area contributed by atoms with E-state index in [1.807, 2.05) is 12.1 Å². The molecule has 1 aliphatic heterocycles. The van der Waals surface area contributed by atoms with Crippen LogP contribution in [0.3, 0.4) is 0 Å². The van der Waals surface area contributed by atoms with Gasteiger partial charge < -0.3 is 10.6 Å². The monoisotopic (exact) mass is 242 g/mol. The molecular weight excluding hydrogens is 228 g/mol. The van der Waals surface area contributed by atoms with Gasteiger partial charge in [0.1, 0.15) is 0 Å². The first kappa shape index (κ1) is 11.0. The molecule has 5 heteroatoms. The summed E-state index contributed by atoms with van der Waals surface area (Å²) < 4.78 is 0. The Bertz CT molecular complexity index is 562. The van der Waals surface area contributed by atoms with Crippen molar-refractivity contribution in [3.05, 3.63) is 47.3 Å². The Morgan fingerprint density at radius 1 is 1.39 bits per heavy atom. The fourth-order valence-electron chi connectivity index (χ4n) is 2.20. The average Bonchev–Trinajstić information content (AvgIpc) is 2.93. The van der Waals surface area contributed by atoms with E-state index in [0.717, 1.165) is 25.2 Å². The maximum atomic E-state index is 12.0. The molecule has 92 valence electrons. The molecule has 2 aromatic rings. The summed E-state index contributed by atoms with van der Waals surface area (Å²) >= 11 is 0. The largest absolute Gasteiger partial charge is 0.322 e. The number of amides is 1. The molecule has 0 radical (unpaired) electrons. The molecule has 5 nitrogen and oxygen atoms in total. The minimum Gasteiger partial charge on any atom is -0.322 e. The average molecular weight is 242 g/mol. The van der Waals surface area contributed by atoms with Gasteiger partial charge in [-0.05, 0) is 30.2 Å². The van der Waals surface area contributed by atoms with Crippen LogP contribution in [0.4, 0.5) is 5.69 Å². The first-order valence-corrected chi connectivity index (χ1v) is 5.96. The maximum Gasteiger partial charge on any atom is 0.258 e. The summed E-state index contributed by atoms with van der Waals surface area (Å²) in [4.78, 5) is 12.0. The number of carbonyl (C=O) groups is 1. The lowest BCUT2D eigenvalue weighted by molar-refractivity contribution is 0.102. The predicted molar refractivity (Wildman–Crippen MR) is 68.4 cm³/mol. The summed E-state index contributed by atoms with van der Waals surface area (Å²) in [7, 11) is 0. The van der Waals surface area contributed by atoms with Gasteiger partial charge in [0, 0.05) is 18.4 Å². The minimum absolute atomic E-state index is 0.136. The topological polar surface area (TPSA) is 69.8 Å². The number of anilines is 1. The summed E-state index contributed by atoms with van der Waals surface area (Å²) in [6.45, 7) is 1.79. The van der Waals surface area contributed by atoms with Crippen molar-refractivity contribution in [1.29, 1.82) is 0 Å². The van der Waals surface area contributed by atoms with Crippen molar-refractivity contribution < 1.29 is 4.79 Å². The molecule has 0 fully saturated rings. The van der Waals surface area contributed by atoms with Crippen molar-refractivity contribution in [3.63, 3.8) is 0 Å². The number of H-pyrrole nitrogens is 1. The summed E-state index contributed by atoms with van der Waals surface area (Å²) in [5, 5.41) is 12.7. The first-order valence-electron chi connectivity index (χ1n) is 5.96. The van der Waals surface area contributed by atoms with Crippen LogP contribution in [0.5, 0.6) is 0 Å². The van der Waals surface area contributed by atoms with Crippen LogP contribution >= 0.6 is 0 Å². The number of nitrogens with one attached hydrogen (secondary N) is 3. The Kier molecular flexibility index (Phi) is 2.82. The van der Waals surface area contributed by atoms with Crippen molar-refractivity contribution in [1.82, 2.24) is 15.5 Å². The highest BCUT2D eigenvalue weighted by molar-refractivity contribution is 6.04. The highest BCUT2D eigenvalue weighted by Gasteiger charge is 2.14. The van der Waals surface area contributed by atoms with E-state index < -0.39 is 0 Å². The quantitative estimate of drug-likeness (QED) is 0.743. The zero-order valence-corrected chi connectivity index (χ0v) is 9.86. The van der Waals surface area contributed by atoms with Crippen LogP contribution in [0.15, 0.2) is 30.6 Å². The van der Waals surface area contributed by atoms with Gasteiger partial charge >= 0.3 is 0 Å². The standard InChI is InChI=1S/C13H14N4O/c18-13(10-6-15-16-7-10)17-12-3-1-2-9-4-5-14-8-11(9)12/h1-3,6-7,14H,4-5,8H2,(H,15,16)(H,17,18). The third kappa shape index (κ3) is 2.00. The fourth-order valence-corrected chi connectivity index (χ4v) is 2.20. The van der Waals surface area contributed by atoms with Gasteiger partial charge in [0.25, 0.3) is 5.91 Å². The van der Waals surface area contributed by atoms with Gasteiger partial charge in [0.15, 0.2) is 0 Å². The van der Waals surface area contributed by atoms with Crippen LogP contribution in [0.25, 0.3) is 0 Å². The molecule has 1 aromatic carbocycles. The Balaban J connectivity index is 1.87. The number of aromatic nitrogens is 2. The number of fused-ring (bicyclic) bond motifs is 1. The van der Waals surface area contributed by atoms with Crippen LogP contribution in [0, 0.1) is 0 Å². The number of hydrogen-bond acceptors (Lipinski definition) is 3. The summed E-state index contributed by atoms with van der Waals surface area (Å²) in [6, 6.07) is 6.03. The second-order valence-corrected chi connectivity index (χ2v) is 4.31. The molecule has 0 bridgehead atoms. The number of aromatic amines is 1. The van der Waals surface area contributed by atoms with Crippen molar-refractivity contribution in [2.24, 2.45) is 0 Å². The zero-order valence-electron chi connectivity index (χ0n) is 9.86. The van der Waals surface area contributed by atoms with Gasteiger partial charge in [-0.1, -0.05) is 12.1 Å². The van der Waals surface area contributed by atoms with E-state index in [9.17, 15) is 4.79 Å². The Hall–Kier alpha value is -2.14. The van der Waals surface area contributed by atoms with Crippen molar-refractivity contribution in [3.8, 4) is 0 Å². The highest BCUT2D eigenvalue weighted by atomic mass is 16.1. The van der Waals surface area contributed by atoms with E-state index in [2.05, 4.69) is 26.9 Å². The number of carbonyl (C=O) groups excluding carboxylic acids is 1. The van der Waals surface area contributed by atoms with Crippen molar-refractivity contribution in [2.45, 2.75) is 13.0 Å². The van der Waals surface area contributed by atoms with Crippen LogP contribution in [-0.4, -0.2) is 22.6 Å². The van der Waals surface area contributed by atoms with Gasteiger partial charge in [-0.2, -0.15) is 5.10 Å². The van der Waals surface area contributed by atoms with Crippen LogP contribution in [-0.2, 0) is 13.0 Å². The van der Waals surface area contributed by atoms with E-state index in [1.165, 1.54) is 17.3 Å². The van der Waals surface area contributed by atoms with E-state index >= 15 is 0 Å². The van der Waals surface area contributed by atoms with Crippen LogP contribution in [0.2, 0.25) is 0 Å². The van der Waals surface area contributed by atoms with Gasteiger partial charge in [-0.25, -0.2) is 0 Å². The molecular formula is C13H14N4O. The molecule has 0 aliphatic carbocycles. The summed E-state index contributed by atoms with van der Waals surface area (Å²) in [5.41, 5.74) is 3.90. The Labute approximate surface area is 105 Å². The van der Waals surface area contributed by atoms with Gasteiger partial charge in [-0.3, -0.25) is 9.89 Å². The molecule has 3 rings (SSSR count). The molecule has 18 heavy (non-hydrogen) atoms.